The molecule has 1 aromatic carbocycles. The predicted molar refractivity (Wildman–Crippen MR) is 53.1 cm³/mol. The number of benzene rings is 1. The third kappa shape index (κ3) is 2.14. The zero-order chi connectivity index (χ0) is 9.31. The fourth-order valence-corrected chi connectivity index (χ4v) is 1.28. The van der Waals surface area contributed by atoms with Crippen LogP contribution in [0.2, 0.25) is 5.02 Å². The minimum atomic E-state index is -0.0842. The van der Waals surface area contributed by atoms with E-state index in [2.05, 4.69) is 0 Å². The third-order valence-corrected chi connectivity index (χ3v) is 2.56. The maximum absolute atomic E-state index is 5.91. The van der Waals surface area contributed by atoms with Crippen molar-refractivity contribution in [2.45, 2.75) is 18.4 Å². The molecule has 0 saturated heterocycles. The van der Waals surface area contributed by atoms with Crippen LogP contribution in [-0.2, 0) is 0 Å². The number of rotatable bonds is 3. The first-order valence-corrected chi connectivity index (χ1v) is 4.74. The van der Waals surface area contributed by atoms with E-state index < -0.39 is 0 Å². The average molecular weight is 198 g/mol. The highest BCUT2D eigenvalue weighted by Gasteiger charge is 2.39. The van der Waals surface area contributed by atoms with Crippen LogP contribution in [-0.4, -0.2) is 12.1 Å². The Hall–Kier alpha value is -0.730. The molecule has 2 N–H and O–H groups in total. The van der Waals surface area contributed by atoms with Gasteiger partial charge in [-0.3, -0.25) is 0 Å². The Labute approximate surface area is 82.6 Å². The molecule has 1 aliphatic rings. The number of hydrogen-bond acceptors (Lipinski definition) is 2. The molecule has 2 nitrogen and oxygen atoms in total. The van der Waals surface area contributed by atoms with Crippen molar-refractivity contribution in [3.63, 3.8) is 0 Å². The Morgan fingerprint density at radius 1 is 1.38 bits per heavy atom. The largest absolute Gasteiger partial charge is 0.490 e. The highest BCUT2D eigenvalue weighted by molar-refractivity contribution is 6.32. The van der Waals surface area contributed by atoms with Gasteiger partial charge < -0.3 is 10.5 Å². The molecular formula is C10H12ClNO. The van der Waals surface area contributed by atoms with Crippen molar-refractivity contribution in [2.24, 2.45) is 5.73 Å². The van der Waals surface area contributed by atoms with Crippen LogP contribution in [0.4, 0.5) is 0 Å². The van der Waals surface area contributed by atoms with Gasteiger partial charge in [0.15, 0.2) is 0 Å². The molecule has 0 bridgehead atoms. The summed E-state index contributed by atoms with van der Waals surface area (Å²) in [5.41, 5.74) is 5.79. The molecule has 1 saturated carbocycles. The highest BCUT2D eigenvalue weighted by atomic mass is 35.5. The molecule has 0 spiro atoms. The van der Waals surface area contributed by atoms with E-state index in [1.165, 1.54) is 0 Å². The van der Waals surface area contributed by atoms with E-state index in [0.29, 0.717) is 11.6 Å². The summed E-state index contributed by atoms with van der Waals surface area (Å²) in [6.45, 7) is 0.566. The molecule has 13 heavy (non-hydrogen) atoms. The number of nitrogens with two attached hydrogens (primary N) is 1. The molecule has 0 heterocycles. The van der Waals surface area contributed by atoms with E-state index in [-0.39, 0.29) is 5.54 Å². The van der Waals surface area contributed by atoms with Crippen molar-refractivity contribution < 1.29 is 4.74 Å². The number of hydrogen-bond donors (Lipinski definition) is 1. The summed E-state index contributed by atoms with van der Waals surface area (Å²) in [7, 11) is 0. The summed E-state index contributed by atoms with van der Waals surface area (Å²) in [6.07, 6.45) is 2.11. The Morgan fingerprint density at radius 2 is 2.08 bits per heavy atom. The SMILES string of the molecule is NC1(COc2ccccc2Cl)CC1. The fraction of sp³-hybridized carbons (Fsp3) is 0.400. The smallest absolute Gasteiger partial charge is 0.137 e. The lowest BCUT2D eigenvalue weighted by Crippen LogP contribution is -2.29. The lowest BCUT2D eigenvalue weighted by atomic mass is 10.3. The predicted octanol–water partition coefficient (Wildman–Crippen LogP) is 2.21. The Kier molecular flexibility index (Phi) is 2.18. The molecule has 0 aromatic heterocycles. The van der Waals surface area contributed by atoms with Gasteiger partial charge in [-0.1, -0.05) is 23.7 Å². The summed E-state index contributed by atoms with van der Waals surface area (Å²) >= 11 is 5.91. The van der Waals surface area contributed by atoms with Gasteiger partial charge in [0.2, 0.25) is 0 Å². The van der Waals surface area contributed by atoms with E-state index in [1.54, 1.807) is 0 Å². The van der Waals surface area contributed by atoms with Gasteiger partial charge in [0.25, 0.3) is 0 Å². The van der Waals surface area contributed by atoms with Crippen LogP contribution in [0.1, 0.15) is 12.8 Å². The van der Waals surface area contributed by atoms with Crippen molar-refractivity contribution in [1.82, 2.24) is 0 Å². The Balaban J connectivity index is 1.97. The molecule has 1 aliphatic carbocycles. The van der Waals surface area contributed by atoms with Gasteiger partial charge in [0.1, 0.15) is 12.4 Å². The van der Waals surface area contributed by atoms with Crippen molar-refractivity contribution in [3.8, 4) is 5.75 Å². The quantitative estimate of drug-likeness (QED) is 0.807. The average Bonchev–Trinajstić information content (AvgIpc) is 2.83. The second kappa shape index (κ2) is 3.20. The molecule has 0 radical (unpaired) electrons. The standard InChI is InChI=1S/C10H12ClNO/c11-8-3-1-2-4-9(8)13-7-10(12)5-6-10/h1-4H,5-7,12H2. The van der Waals surface area contributed by atoms with E-state index in [9.17, 15) is 0 Å². The van der Waals surface area contributed by atoms with Gasteiger partial charge in [-0.15, -0.1) is 0 Å². The molecule has 0 amide bonds. The van der Waals surface area contributed by atoms with E-state index in [4.69, 9.17) is 22.1 Å². The summed E-state index contributed by atoms with van der Waals surface area (Å²) in [5, 5.41) is 0.645. The lowest BCUT2D eigenvalue weighted by Gasteiger charge is -2.11. The lowest BCUT2D eigenvalue weighted by molar-refractivity contribution is 0.279. The molecule has 3 heteroatoms. The van der Waals surface area contributed by atoms with Gasteiger partial charge in [-0.2, -0.15) is 0 Å². The van der Waals surface area contributed by atoms with Gasteiger partial charge in [-0.25, -0.2) is 0 Å². The first-order valence-electron chi connectivity index (χ1n) is 4.36. The molecule has 1 aromatic rings. The van der Waals surface area contributed by atoms with Gasteiger partial charge in [-0.05, 0) is 25.0 Å². The number of para-hydroxylation sites is 1. The first-order chi connectivity index (χ1) is 6.20. The third-order valence-electron chi connectivity index (χ3n) is 2.24. The topological polar surface area (TPSA) is 35.2 Å². The van der Waals surface area contributed by atoms with Crippen LogP contribution in [0.25, 0.3) is 0 Å². The van der Waals surface area contributed by atoms with Crippen molar-refractivity contribution in [2.75, 3.05) is 6.61 Å². The number of ether oxygens (including phenoxy) is 1. The van der Waals surface area contributed by atoms with E-state index in [0.717, 1.165) is 18.6 Å². The van der Waals surface area contributed by atoms with Crippen molar-refractivity contribution in [3.05, 3.63) is 29.3 Å². The second-order valence-electron chi connectivity index (χ2n) is 3.58. The van der Waals surface area contributed by atoms with Crippen LogP contribution in [0.3, 0.4) is 0 Å². The molecule has 2 rings (SSSR count). The van der Waals surface area contributed by atoms with E-state index >= 15 is 0 Å². The van der Waals surface area contributed by atoms with Crippen LogP contribution in [0, 0.1) is 0 Å². The minimum Gasteiger partial charge on any atom is -0.490 e. The summed E-state index contributed by atoms with van der Waals surface area (Å²) in [5.74, 6) is 0.723. The van der Waals surface area contributed by atoms with Gasteiger partial charge in [0, 0.05) is 0 Å². The monoisotopic (exact) mass is 197 g/mol. The minimum absolute atomic E-state index is 0.0842. The van der Waals surface area contributed by atoms with Crippen LogP contribution in [0.5, 0.6) is 5.75 Å². The number of halogens is 1. The van der Waals surface area contributed by atoms with Gasteiger partial charge in [0.05, 0.1) is 10.6 Å². The van der Waals surface area contributed by atoms with Crippen molar-refractivity contribution in [1.29, 1.82) is 0 Å². The molecule has 0 unspecified atom stereocenters. The normalized spacial score (nSPS) is 18.3. The Bertz CT molecular complexity index is 310. The second-order valence-corrected chi connectivity index (χ2v) is 3.99. The molecule has 70 valence electrons. The van der Waals surface area contributed by atoms with Crippen LogP contribution in [0.15, 0.2) is 24.3 Å². The first kappa shape index (κ1) is 8.85. The fourth-order valence-electron chi connectivity index (χ4n) is 1.09. The molecule has 0 atom stereocenters. The van der Waals surface area contributed by atoms with Crippen LogP contribution < -0.4 is 10.5 Å². The summed E-state index contributed by atoms with van der Waals surface area (Å²) in [4.78, 5) is 0. The summed E-state index contributed by atoms with van der Waals surface area (Å²) in [6, 6.07) is 7.45. The molecule has 1 fully saturated rings. The van der Waals surface area contributed by atoms with Crippen LogP contribution >= 0.6 is 11.6 Å². The zero-order valence-electron chi connectivity index (χ0n) is 7.29. The summed E-state index contributed by atoms with van der Waals surface area (Å²) < 4.78 is 5.51. The Morgan fingerprint density at radius 3 is 2.69 bits per heavy atom. The molecule has 0 aliphatic heterocycles. The highest BCUT2D eigenvalue weighted by Crippen LogP contribution is 2.33. The van der Waals surface area contributed by atoms with Crippen molar-refractivity contribution >= 4 is 11.6 Å². The van der Waals surface area contributed by atoms with Gasteiger partial charge >= 0.3 is 0 Å². The van der Waals surface area contributed by atoms with E-state index in [1.807, 2.05) is 24.3 Å². The molecular weight excluding hydrogens is 186 g/mol. The maximum Gasteiger partial charge on any atom is 0.137 e. The maximum atomic E-state index is 5.91. The zero-order valence-corrected chi connectivity index (χ0v) is 8.05.